The van der Waals surface area contributed by atoms with E-state index in [0.717, 1.165) is 47.0 Å². The van der Waals surface area contributed by atoms with Crippen LogP contribution in [0.15, 0.2) is 48.1 Å². The van der Waals surface area contributed by atoms with Crippen LogP contribution >= 0.6 is 10.8 Å². The van der Waals surface area contributed by atoms with Crippen LogP contribution in [0.2, 0.25) is 0 Å². The van der Waals surface area contributed by atoms with Crippen molar-refractivity contribution in [1.82, 2.24) is 14.5 Å². The van der Waals surface area contributed by atoms with Crippen LogP contribution in [0, 0.1) is 11.8 Å². The van der Waals surface area contributed by atoms with Gasteiger partial charge < -0.3 is 4.55 Å². The largest absolute Gasteiger partial charge is 0.589 e. The second-order valence-electron chi connectivity index (χ2n) is 6.52. The Labute approximate surface area is 149 Å². The average molecular weight is 347 g/mol. The number of thiophene rings is 1. The summed E-state index contributed by atoms with van der Waals surface area (Å²) in [5, 5.41) is 2.64. The molecule has 124 valence electrons. The normalized spacial score (nSPS) is 19.4. The van der Waals surface area contributed by atoms with Crippen molar-refractivity contribution in [2.24, 2.45) is 0 Å². The second-order valence-corrected chi connectivity index (χ2v) is 7.78. The molecule has 2 aliphatic heterocycles. The number of hydrogen-bond acceptors (Lipinski definition) is 3. The van der Waals surface area contributed by atoms with Gasteiger partial charge in [-0.05, 0) is 48.2 Å². The summed E-state index contributed by atoms with van der Waals surface area (Å²) < 4.78 is 14.5. The van der Waals surface area contributed by atoms with Crippen LogP contribution in [0.4, 0.5) is 0 Å². The predicted molar refractivity (Wildman–Crippen MR) is 97.0 cm³/mol. The Morgan fingerprint density at radius 2 is 2.04 bits per heavy atom. The van der Waals surface area contributed by atoms with E-state index >= 15 is 0 Å². The maximum absolute atomic E-state index is 12.5. The Bertz CT molecular complexity index is 993. The molecule has 0 radical (unpaired) electrons. The third-order valence-corrected chi connectivity index (χ3v) is 6.26. The van der Waals surface area contributed by atoms with Gasteiger partial charge in [-0.25, -0.2) is 4.98 Å². The molecule has 2 aromatic heterocycles. The third-order valence-electron chi connectivity index (χ3n) is 5.03. The van der Waals surface area contributed by atoms with Gasteiger partial charge in [0.05, 0.1) is 11.7 Å². The van der Waals surface area contributed by atoms with Crippen LogP contribution in [0.3, 0.4) is 0 Å². The lowest BCUT2D eigenvalue weighted by molar-refractivity contribution is 0.248. The van der Waals surface area contributed by atoms with Crippen molar-refractivity contribution in [1.29, 1.82) is 0 Å². The zero-order valence-electron chi connectivity index (χ0n) is 13.7. The fraction of sp³-hybridized carbons (Fsp3) is 0.250. The van der Waals surface area contributed by atoms with Crippen LogP contribution < -0.4 is 0 Å². The van der Waals surface area contributed by atoms with Crippen LogP contribution in [-0.4, -0.2) is 25.5 Å². The van der Waals surface area contributed by atoms with Crippen molar-refractivity contribution in [2.45, 2.75) is 25.4 Å². The van der Waals surface area contributed by atoms with Crippen LogP contribution in [0.25, 0.3) is 5.00 Å². The molecule has 0 saturated carbocycles. The Hall–Kier alpha value is -2.39. The van der Waals surface area contributed by atoms with E-state index in [1.807, 2.05) is 41.0 Å². The zero-order chi connectivity index (χ0) is 16.8. The van der Waals surface area contributed by atoms with E-state index in [1.165, 1.54) is 6.42 Å². The van der Waals surface area contributed by atoms with E-state index in [2.05, 4.69) is 21.7 Å². The highest BCUT2D eigenvalue weighted by Crippen LogP contribution is 2.43. The van der Waals surface area contributed by atoms with Gasteiger partial charge >= 0.3 is 0 Å². The number of imidazole rings is 1. The molecule has 0 spiro atoms. The second kappa shape index (κ2) is 5.85. The number of fused-ring (bicyclic) bond motifs is 5. The van der Waals surface area contributed by atoms with Crippen LogP contribution in [0.5, 0.6) is 0 Å². The van der Waals surface area contributed by atoms with Gasteiger partial charge in [-0.2, -0.15) is 0 Å². The van der Waals surface area contributed by atoms with E-state index in [0.29, 0.717) is 6.04 Å². The van der Waals surface area contributed by atoms with Crippen molar-refractivity contribution >= 4 is 10.8 Å². The summed E-state index contributed by atoms with van der Waals surface area (Å²) in [6.45, 7) is 1.92. The van der Waals surface area contributed by atoms with E-state index in [-0.39, 0.29) is 0 Å². The number of nitrogens with zero attached hydrogens (tertiary/aromatic N) is 3. The summed E-state index contributed by atoms with van der Waals surface area (Å²) in [5.41, 5.74) is 4.03. The zero-order valence-corrected chi connectivity index (χ0v) is 14.5. The molecule has 4 nitrogen and oxygen atoms in total. The van der Waals surface area contributed by atoms with Crippen molar-refractivity contribution < 1.29 is 4.55 Å². The van der Waals surface area contributed by atoms with E-state index in [1.54, 1.807) is 11.7 Å². The number of rotatable bonds is 0. The highest BCUT2D eigenvalue weighted by molar-refractivity contribution is 7.26. The fourth-order valence-corrected chi connectivity index (χ4v) is 5.06. The Morgan fingerprint density at radius 1 is 1.16 bits per heavy atom. The molecular weight excluding hydrogens is 330 g/mol. The van der Waals surface area contributed by atoms with Crippen molar-refractivity contribution in [3.05, 3.63) is 70.6 Å². The monoisotopic (exact) mass is 347 g/mol. The predicted octanol–water partition coefficient (Wildman–Crippen LogP) is 3.65. The minimum atomic E-state index is -1.10. The Balaban J connectivity index is 1.67. The molecule has 0 amide bonds. The van der Waals surface area contributed by atoms with Crippen molar-refractivity contribution in [3.8, 4) is 16.8 Å². The summed E-state index contributed by atoms with van der Waals surface area (Å²) in [4.78, 5) is 7.04. The first-order valence-electron chi connectivity index (χ1n) is 8.52. The maximum atomic E-state index is 12.5. The molecule has 2 atom stereocenters. The minimum absolute atomic E-state index is 0.304. The van der Waals surface area contributed by atoms with E-state index in [9.17, 15) is 4.55 Å². The van der Waals surface area contributed by atoms with Gasteiger partial charge in [0.2, 0.25) is 0 Å². The maximum Gasteiger partial charge on any atom is 0.256 e. The van der Waals surface area contributed by atoms with Crippen LogP contribution in [-0.2, 0) is 6.54 Å². The summed E-state index contributed by atoms with van der Waals surface area (Å²) in [7, 11) is -1.10. The molecule has 2 aliphatic rings. The van der Waals surface area contributed by atoms with Crippen molar-refractivity contribution in [2.75, 3.05) is 6.54 Å². The number of aromatic nitrogens is 2. The smallest absolute Gasteiger partial charge is 0.256 e. The van der Waals surface area contributed by atoms with Gasteiger partial charge in [-0.15, -0.1) is 0 Å². The highest BCUT2D eigenvalue weighted by atomic mass is 32.2. The molecule has 4 heterocycles. The number of benzene rings is 1. The summed E-state index contributed by atoms with van der Waals surface area (Å²) in [6.07, 6.45) is 4.08. The van der Waals surface area contributed by atoms with Gasteiger partial charge in [-0.1, -0.05) is 24.1 Å². The molecule has 0 aliphatic carbocycles. The lowest BCUT2D eigenvalue weighted by Crippen LogP contribution is -2.22. The molecule has 3 aromatic rings. The molecule has 1 fully saturated rings. The molecule has 0 N–H and O–H groups in total. The van der Waals surface area contributed by atoms with E-state index in [4.69, 9.17) is 0 Å². The molecule has 1 saturated heterocycles. The Kier molecular flexibility index (Phi) is 3.49. The fourth-order valence-electron chi connectivity index (χ4n) is 3.91. The van der Waals surface area contributed by atoms with Crippen molar-refractivity contribution in [3.63, 3.8) is 0 Å². The van der Waals surface area contributed by atoms with Gasteiger partial charge in [0.1, 0.15) is 17.4 Å². The van der Waals surface area contributed by atoms with Gasteiger partial charge in [0.25, 0.3) is 5.00 Å². The van der Waals surface area contributed by atoms with Crippen LogP contribution in [0.1, 0.15) is 41.4 Å². The summed E-state index contributed by atoms with van der Waals surface area (Å²) in [6, 6.07) is 12.3. The first-order valence-corrected chi connectivity index (χ1v) is 9.73. The first kappa shape index (κ1) is 14.9. The standard InChI is InChI=1S/C20H17N3OS/c24-25-12-10-16-13-22-11-4-7-18(22)19-17(21-14-23(19)20(16)25)9-8-15-5-2-1-3-6-15/h1-3,5-6,10,12,14,18H,4,7,11,13H2. The molecular formula is C20H17N3OS. The van der Waals surface area contributed by atoms with Gasteiger partial charge in [0, 0.05) is 23.7 Å². The molecule has 5 heteroatoms. The average Bonchev–Trinajstić information content (AvgIpc) is 3.32. The molecule has 5 rings (SSSR count). The molecule has 25 heavy (non-hydrogen) atoms. The SMILES string of the molecule is [O-][s+]1ccc2c1-n1cnc(C#Cc3ccccc3)c1C1CCCN1C2. The molecule has 0 bridgehead atoms. The third kappa shape index (κ3) is 2.42. The Morgan fingerprint density at radius 3 is 2.92 bits per heavy atom. The van der Waals surface area contributed by atoms with Gasteiger partial charge in [-0.3, -0.25) is 9.47 Å². The summed E-state index contributed by atoms with van der Waals surface area (Å²) >= 11 is 0. The number of hydrogen-bond donors (Lipinski definition) is 0. The lowest BCUT2D eigenvalue weighted by atomic mass is 10.1. The minimum Gasteiger partial charge on any atom is -0.589 e. The highest BCUT2D eigenvalue weighted by Gasteiger charge is 2.37. The summed E-state index contributed by atoms with van der Waals surface area (Å²) in [5.74, 6) is 6.47. The molecule has 2 unspecified atom stereocenters. The van der Waals surface area contributed by atoms with Gasteiger partial charge in [0.15, 0.2) is 0 Å². The molecule has 1 aromatic carbocycles. The first-order chi connectivity index (χ1) is 12.3. The topological polar surface area (TPSA) is 44.1 Å². The van der Waals surface area contributed by atoms with E-state index < -0.39 is 10.8 Å². The lowest BCUT2D eigenvalue weighted by Gasteiger charge is -2.21. The quantitative estimate of drug-likeness (QED) is 0.460.